The Hall–Kier alpha value is -1.11. The van der Waals surface area contributed by atoms with Crippen LogP contribution in [0.25, 0.3) is 0 Å². The molecule has 0 bridgehead atoms. The third-order valence-electron chi connectivity index (χ3n) is 3.71. The maximum atomic E-state index is 12.7. The number of fused-ring (bicyclic) bond motifs is 1. The van der Waals surface area contributed by atoms with Gasteiger partial charge in [-0.05, 0) is 30.7 Å². The molecule has 0 unspecified atom stereocenters. The van der Waals surface area contributed by atoms with Gasteiger partial charge in [-0.25, -0.2) is 8.42 Å². The lowest BCUT2D eigenvalue weighted by Gasteiger charge is -2.32. The monoisotopic (exact) mass is 282 g/mol. The van der Waals surface area contributed by atoms with Crippen molar-refractivity contribution in [2.24, 2.45) is 0 Å². The first-order valence-electron chi connectivity index (χ1n) is 6.57. The van der Waals surface area contributed by atoms with Gasteiger partial charge in [-0.15, -0.1) is 0 Å². The summed E-state index contributed by atoms with van der Waals surface area (Å²) in [4.78, 5) is 0.380. The fourth-order valence-corrected chi connectivity index (χ4v) is 4.32. The van der Waals surface area contributed by atoms with E-state index in [1.165, 1.54) is 0 Å². The van der Waals surface area contributed by atoms with Crippen molar-refractivity contribution in [1.82, 2.24) is 9.62 Å². The molecular weight excluding hydrogens is 264 g/mol. The Morgan fingerprint density at radius 3 is 3.05 bits per heavy atom. The molecule has 0 spiro atoms. The van der Waals surface area contributed by atoms with Crippen molar-refractivity contribution in [3.05, 3.63) is 23.8 Å². The Morgan fingerprint density at radius 1 is 1.42 bits per heavy atom. The molecule has 1 saturated heterocycles. The SMILES string of the molecule is C[C@H]1CNCCN1S(=O)(=O)c1ccc2c(c1)CCO2. The Bertz CT molecular complexity index is 586. The van der Waals surface area contributed by atoms with E-state index in [1.54, 1.807) is 22.5 Å². The van der Waals surface area contributed by atoms with E-state index < -0.39 is 10.0 Å². The molecule has 5 nitrogen and oxygen atoms in total. The third-order valence-corrected chi connectivity index (χ3v) is 5.72. The van der Waals surface area contributed by atoms with E-state index in [9.17, 15) is 8.42 Å². The molecule has 0 amide bonds. The van der Waals surface area contributed by atoms with Gasteiger partial charge in [0.1, 0.15) is 5.75 Å². The van der Waals surface area contributed by atoms with Crippen LogP contribution in [0.15, 0.2) is 23.1 Å². The minimum absolute atomic E-state index is 0.0109. The van der Waals surface area contributed by atoms with Gasteiger partial charge in [0.05, 0.1) is 11.5 Å². The van der Waals surface area contributed by atoms with Crippen molar-refractivity contribution < 1.29 is 13.2 Å². The molecule has 19 heavy (non-hydrogen) atoms. The van der Waals surface area contributed by atoms with Crippen LogP contribution in [0.1, 0.15) is 12.5 Å². The summed E-state index contributed by atoms with van der Waals surface area (Å²) in [6.07, 6.45) is 0.788. The number of nitrogens with zero attached hydrogens (tertiary/aromatic N) is 1. The summed E-state index contributed by atoms with van der Waals surface area (Å²) in [5.74, 6) is 0.812. The van der Waals surface area contributed by atoms with Crippen molar-refractivity contribution in [2.75, 3.05) is 26.2 Å². The molecule has 104 valence electrons. The summed E-state index contributed by atoms with van der Waals surface area (Å²) in [6, 6.07) is 5.16. The molecule has 6 heteroatoms. The van der Waals surface area contributed by atoms with Gasteiger partial charge in [0.2, 0.25) is 10.0 Å². The first kappa shape index (κ1) is 12.9. The van der Waals surface area contributed by atoms with Crippen molar-refractivity contribution in [3.63, 3.8) is 0 Å². The minimum atomic E-state index is -3.40. The zero-order chi connectivity index (χ0) is 13.5. The number of hydrogen-bond acceptors (Lipinski definition) is 4. The Morgan fingerprint density at radius 2 is 2.26 bits per heavy atom. The second-order valence-corrected chi connectivity index (χ2v) is 6.93. The van der Waals surface area contributed by atoms with Crippen LogP contribution in [0.5, 0.6) is 5.75 Å². The van der Waals surface area contributed by atoms with Gasteiger partial charge >= 0.3 is 0 Å². The van der Waals surface area contributed by atoms with Crippen molar-refractivity contribution in [2.45, 2.75) is 24.3 Å². The van der Waals surface area contributed by atoms with Crippen molar-refractivity contribution >= 4 is 10.0 Å². The number of benzene rings is 1. The van der Waals surface area contributed by atoms with Crippen LogP contribution in [0, 0.1) is 0 Å². The summed E-state index contributed by atoms with van der Waals surface area (Å²) in [5, 5.41) is 3.20. The van der Waals surface area contributed by atoms with Crippen LogP contribution >= 0.6 is 0 Å². The number of ether oxygens (including phenoxy) is 1. The second kappa shape index (κ2) is 4.77. The van der Waals surface area contributed by atoms with Gasteiger partial charge in [-0.2, -0.15) is 4.31 Å². The van der Waals surface area contributed by atoms with Crippen LogP contribution in [-0.2, 0) is 16.4 Å². The highest BCUT2D eigenvalue weighted by Crippen LogP contribution is 2.29. The predicted octanol–water partition coefficient (Wildman–Crippen LogP) is 0.604. The zero-order valence-electron chi connectivity index (χ0n) is 10.9. The van der Waals surface area contributed by atoms with Crippen LogP contribution in [0.3, 0.4) is 0 Å². The average Bonchev–Trinajstić information content (AvgIpc) is 2.86. The van der Waals surface area contributed by atoms with Crippen LogP contribution in [0.4, 0.5) is 0 Å². The predicted molar refractivity (Wildman–Crippen MR) is 71.9 cm³/mol. The van der Waals surface area contributed by atoms with Crippen molar-refractivity contribution in [3.8, 4) is 5.75 Å². The largest absolute Gasteiger partial charge is 0.493 e. The number of nitrogens with one attached hydrogen (secondary N) is 1. The normalized spacial score (nSPS) is 23.9. The summed E-state index contributed by atoms with van der Waals surface area (Å²) in [7, 11) is -3.40. The van der Waals surface area contributed by atoms with E-state index in [0.717, 1.165) is 17.7 Å². The molecule has 1 aromatic carbocycles. The highest BCUT2D eigenvalue weighted by atomic mass is 32.2. The molecule has 0 saturated carbocycles. The molecule has 0 aliphatic carbocycles. The third kappa shape index (κ3) is 2.24. The molecule has 1 N–H and O–H groups in total. The van der Waals surface area contributed by atoms with Crippen LogP contribution in [-0.4, -0.2) is 45.0 Å². The molecule has 2 heterocycles. The van der Waals surface area contributed by atoms with Crippen LogP contribution < -0.4 is 10.1 Å². The molecule has 2 aliphatic heterocycles. The Labute approximate surface area is 113 Å². The van der Waals surface area contributed by atoms with E-state index in [4.69, 9.17) is 4.74 Å². The van der Waals surface area contributed by atoms with Crippen LogP contribution in [0.2, 0.25) is 0 Å². The molecule has 2 aliphatic rings. The average molecular weight is 282 g/mol. The van der Waals surface area contributed by atoms with Gasteiger partial charge in [-0.1, -0.05) is 0 Å². The van der Waals surface area contributed by atoms with E-state index in [-0.39, 0.29) is 6.04 Å². The zero-order valence-corrected chi connectivity index (χ0v) is 11.7. The highest BCUT2D eigenvalue weighted by Gasteiger charge is 2.31. The first-order chi connectivity index (χ1) is 9.09. The minimum Gasteiger partial charge on any atom is -0.493 e. The number of rotatable bonds is 2. The lowest BCUT2D eigenvalue weighted by Crippen LogP contribution is -2.52. The highest BCUT2D eigenvalue weighted by molar-refractivity contribution is 7.89. The first-order valence-corrected chi connectivity index (χ1v) is 8.01. The number of piperazine rings is 1. The summed E-state index contributed by atoms with van der Waals surface area (Å²) in [5.41, 5.74) is 0.990. The lowest BCUT2D eigenvalue weighted by atomic mass is 10.2. The van der Waals surface area contributed by atoms with Gasteiger partial charge in [0, 0.05) is 32.1 Å². The maximum Gasteiger partial charge on any atom is 0.243 e. The molecule has 1 atom stereocenters. The lowest BCUT2D eigenvalue weighted by molar-refractivity contribution is 0.284. The second-order valence-electron chi connectivity index (χ2n) is 5.04. The molecule has 0 aromatic heterocycles. The summed E-state index contributed by atoms with van der Waals surface area (Å²) in [6.45, 7) is 4.51. The molecule has 0 radical (unpaired) electrons. The molecule has 1 aromatic rings. The van der Waals surface area contributed by atoms with E-state index in [0.29, 0.717) is 31.1 Å². The van der Waals surface area contributed by atoms with E-state index in [2.05, 4.69) is 5.32 Å². The van der Waals surface area contributed by atoms with Gasteiger partial charge in [0.25, 0.3) is 0 Å². The molecule has 3 rings (SSSR count). The summed E-state index contributed by atoms with van der Waals surface area (Å²) >= 11 is 0. The van der Waals surface area contributed by atoms with Gasteiger partial charge in [0.15, 0.2) is 0 Å². The fourth-order valence-electron chi connectivity index (χ4n) is 2.64. The van der Waals surface area contributed by atoms with E-state index in [1.807, 2.05) is 6.92 Å². The Balaban J connectivity index is 1.95. The summed E-state index contributed by atoms with van der Waals surface area (Å²) < 4.78 is 32.3. The van der Waals surface area contributed by atoms with Gasteiger partial charge in [-0.3, -0.25) is 0 Å². The smallest absolute Gasteiger partial charge is 0.243 e. The maximum absolute atomic E-state index is 12.7. The number of hydrogen-bond donors (Lipinski definition) is 1. The topological polar surface area (TPSA) is 58.6 Å². The Kier molecular flexibility index (Phi) is 3.24. The quantitative estimate of drug-likeness (QED) is 0.863. The standard InChI is InChI=1S/C13H18N2O3S/c1-10-9-14-5-6-15(10)19(16,17)12-2-3-13-11(8-12)4-7-18-13/h2-3,8,10,14H,4-7,9H2,1H3/t10-/m0/s1. The molecule has 1 fully saturated rings. The fraction of sp³-hybridized carbons (Fsp3) is 0.538. The molecular formula is C13H18N2O3S. The van der Waals surface area contributed by atoms with E-state index >= 15 is 0 Å². The van der Waals surface area contributed by atoms with Crippen molar-refractivity contribution in [1.29, 1.82) is 0 Å². The number of sulfonamides is 1. The van der Waals surface area contributed by atoms with Gasteiger partial charge < -0.3 is 10.1 Å².